The van der Waals surface area contributed by atoms with Crippen molar-refractivity contribution in [3.63, 3.8) is 0 Å². The van der Waals surface area contributed by atoms with E-state index in [0.29, 0.717) is 0 Å². The second-order valence-corrected chi connectivity index (χ2v) is 7.04. The Morgan fingerprint density at radius 2 is 1.85 bits per heavy atom. The van der Waals surface area contributed by atoms with Crippen LogP contribution in [-0.2, 0) is 16.1 Å². The van der Waals surface area contributed by atoms with Gasteiger partial charge in [-0.15, -0.1) is 0 Å². The fraction of sp³-hybridized carbons (Fsp3) is 0.300. The van der Waals surface area contributed by atoms with Gasteiger partial charge in [-0.05, 0) is 29.2 Å². The molecule has 27 heavy (non-hydrogen) atoms. The van der Waals surface area contributed by atoms with E-state index >= 15 is 0 Å². The van der Waals surface area contributed by atoms with Crippen LogP contribution in [0.3, 0.4) is 0 Å². The van der Waals surface area contributed by atoms with Crippen molar-refractivity contribution in [2.24, 2.45) is 5.41 Å². The van der Waals surface area contributed by atoms with Crippen LogP contribution < -0.4 is 16.4 Å². The van der Waals surface area contributed by atoms with E-state index in [4.69, 9.17) is 10.5 Å². The molecule has 0 bridgehead atoms. The van der Waals surface area contributed by atoms with Crippen LogP contribution in [0.25, 0.3) is 0 Å². The van der Waals surface area contributed by atoms with Gasteiger partial charge in [0.1, 0.15) is 12.4 Å². The number of hydrogen-bond donors (Lipinski definition) is 3. The zero-order chi connectivity index (χ0) is 19.9. The smallest absolute Gasteiger partial charge is 0.407 e. The molecule has 0 radical (unpaired) electrons. The molecule has 0 heterocycles. The predicted molar refractivity (Wildman–Crippen MR) is 102 cm³/mol. The van der Waals surface area contributed by atoms with Gasteiger partial charge in [-0.2, -0.15) is 0 Å². The Labute approximate surface area is 157 Å². The molecule has 0 atom stereocenters. The van der Waals surface area contributed by atoms with Gasteiger partial charge in [-0.25, -0.2) is 9.18 Å². The average Bonchev–Trinajstić information content (AvgIpc) is 2.62. The fourth-order valence-electron chi connectivity index (χ4n) is 2.41. The van der Waals surface area contributed by atoms with Crippen molar-refractivity contribution in [2.75, 3.05) is 17.6 Å². The maximum atomic E-state index is 13.3. The number of carbonyl (C=O) groups excluding carboxylic acids is 2. The van der Waals surface area contributed by atoms with E-state index in [0.717, 1.165) is 5.56 Å². The summed E-state index contributed by atoms with van der Waals surface area (Å²) in [5.41, 5.74) is 6.59. The molecule has 144 valence electrons. The number of rotatable bonds is 7. The minimum Gasteiger partial charge on any atom is -0.445 e. The Morgan fingerprint density at radius 3 is 2.56 bits per heavy atom. The van der Waals surface area contributed by atoms with Crippen LogP contribution in [0.5, 0.6) is 0 Å². The molecule has 2 rings (SSSR count). The van der Waals surface area contributed by atoms with Crippen LogP contribution in [0, 0.1) is 11.2 Å². The van der Waals surface area contributed by atoms with Crippen LogP contribution in [0.4, 0.5) is 20.6 Å². The summed E-state index contributed by atoms with van der Waals surface area (Å²) in [6, 6.07) is 13.1. The average molecular weight is 373 g/mol. The highest BCUT2D eigenvalue weighted by atomic mass is 19.1. The third-order valence-electron chi connectivity index (χ3n) is 3.85. The maximum Gasteiger partial charge on any atom is 0.407 e. The highest BCUT2D eigenvalue weighted by Crippen LogP contribution is 2.23. The molecular weight excluding hydrogens is 349 g/mol. The molecule has 0 aliphatic heterocycles. The molecule has 0 unspecified atom stereocenters. The van der Waals surface area contributed by atoms with Crippen molar-refractivity contribution >= 4 is 23.4 Å². The van der Waals surface area contributed by atoms with Crippen LogP contribution >= 0.6 is 0 Å². The Bertz CT molecular complexity index is 794. The fourth-order valence-corrected chi connectivity index (χ4v) is 2.41. The summed E-state index contributed by atoms with van der Waals surface area (Å²) in [5, 5.41) is 5.25. The number of halogens is 1. The Balaban J connectivity index is 1.78. The molecule has 0 aliphatic carbocycles. The van der Waals surface area contributed by atoms with Crippen LogP contribution in [0.15, 0.2) is 48.5 Å². The largest absolute Gasteiger partial charge is 0.445 e. The number of hydrogen-bond acceptors (Lipinski definition) is 4. The lowest BCUT2D eigenvalue weighted by Gasteiger charge is -2.24. The molecule has 7 heteroatoms. The number of anilines is 2. The molecule has 0 spiro atoms. The number of alkyl carbamates (subject to hydrolysis) is 1. The molecule has 2 amide bonds. The summed E-state index contributed by atoms with van der Waals surface area (Å²) in [4.78, 5) is 24.0. The van der Waals surface area contributed by atoms with E-state index in [1.165, 1.54) is 18.2 Å². The molecule has 6 nitrogen and oxygen atoms in total. The Hall–Kier alpha value is -3.09. The van der Waals surface area contributed by atoms with E-state index in [1.54, 1.807) is 0 Å². The van der Waals surface area contributed by atoms with Crippen LogP contribution in [0.2, 0.25) is 0 Å². The van der Waals surface area contributed by atoms with Gasteiger partial charge in [0.25, 0.3) is 0 Å². The third-order valence-corrected chi connectivity index (χ3v) is 3.85. The monoisotopic (exact) mass is 373 g/mol. The molecule has 0 aromatic heterocycles. The first-order valence-electron chi connectivity index (χ1n) is 8.55. The lowest BCUT2D eigenvalue weighted by atomic mass is 9.89. The molecule has 0 fully saturated rings. The minimum absolute atomic E-state index is 0.113. The number of nitrogens with one attached hydrogen (secondary N) is 2. The zero-order valence-electron chi connectivity index (χ0n) is 15.4. The standard InChI is InChI=1S/C20H24FN3O3/c1-20(2,11-18(25)24-17-10-15(21)8-9-16(17)22)13-23-19(26)27-12-14-6-4-3-5-7-14/h3-10H,11-13,22H2,1-2H3,(H,23,26)(H,24,25). The Kier molecular flexibility index (Phi) is 6.76. The molecular formula is C20H24FN3O3. The van der Waals surface area contributed by atoms with Gasteiger partial charge < -0.3 is 21.1 Å². The molecule has 0 saturated carbocycles. The molecule has 2 aromatic rings. The number of carbonyl (C=O) groups is 2. The second kappa shape index (κ2) is 9.02. The predicted octanol–water partition coefficient (Wildman–Crippen LogP) is 3.69. The van der Waals surface area contributed by atoms with E-state index in [-0.39, 0.29) is 36.9 Å². The molecule has 0 saturated heterocycles. The topological polar surface area (TPSA) is 93.4 Å². The van der Waals surface area contributed by atoms with Crippen molar-refractivity contribution in [2.45, 2.75) is 26.9 Å². The maximum absolute atomic E-state index is 13.3. The van der Waals surface area contributed by atoms with Crippen LogP contribution in [0.1, 0.15) is 25.8 Å². The molecule has 2 aromatic carbocycles. The van der Waals surface area contributed by atoms with Gasteiger partial charge in [0.15, 0.2) is 0 Å². The summed E-state index contributed by atoms with van der Waals surface area (Å²) in [5.74, 6) is -0.807. The van der Waals surface area contributed by atoms with Gasteiger partial charge in [0.05, 0.1) is 11.4 Å². The summed E-state index contributed by atoms with van der Waals surface area (Å²) >= 11 is 0. The zero-order valence-corrected chi connectivity index (χ0v) is 15.4. The van der Waals surface area contributed by atoms with E-state index in [1.807, 2.05) is 44.2 Å². The molecule has 0 aliphatic rings. The summed E-state index contributed by atoms with van der Waals surface area (Å²) in [7, 11) is 0. The quantitative estimate of drug-likeness (QED) is 0.645. The minimum atomic E-state index is -0.554. The number of amides is 2. The Morgan fingerprint density at radius 1 is 1.15 bits per heavy atom. The van der Waals surface area contributed by atoms with Crippen molar-refractivity contribution in [3.05, 3.63) is 59.9 Å². The highest BCUT2D eigenvalue weighted by Gasteiger charge is 2.23. The summed E-state index contributed by atoms with van der Waals surface area (Å²) in [6.45, 7) is 4.08. The number of nitrogen functional groups attached to an aromatic ring is 1. The summed E-state index contributed by atoms with van der Waals surface area (Å²) < 4.78 is 18.4. The number of ether oxygens (including phenoxy) is 1. The SMILES string of the molecule is CC(C)(CNC(=O)OCc1ccccc1)CC(=O)Nc1cc(F)ccc1N. The van der Waals surface area contributed by atoms with E-state index in [9.17, 15) is 14.0 Å². The first-order chi connectivity index (χ1) is 12.7. The van der Waals surface area contributed by atoms with Gasteiger partial charge in [0.2, 0.25) is 5.91 Å². The van der Waals surface area contributed by atoms with Crippen molar-refractivity contribution < 1.29 is 18.7 Å². The van der Waals surface area contributed by atoms with E-state index < -0.39 is 17.3 Å². The lowest BCUT2D eigenvalue weighted by Crippen LogP contribution is -2.36. The van der Waals surface area contributed by atoms with Gasteiger partial charge in [-0.1, -0.05) is 44.2 Å². The van der Waals surface area contributed by atoms with Crippen molar-refractivity contribution in [1.82, 2.24) is 5.32 Å². The first kappa shape index (κ1) is 20.2. The first-order valence-corrected chi connectivity index (χ1v) is 8.55. The van der Waals surface area contributed by atoms with E-state index in [2.05, 4.69) is 10.6 Å². The van der Waals surface area contributed by atoms with Gasteiger partial charge >= 0.3 is 6.09 Å². The normalized spacial score (nSPS) is 10.9. The van der Waals surface area contributed by atoms with Crippen molar-refractivity contribution in [1.29, 1.82) is 0 Å². The number of nitrogens with two attached hydrogens (primary N) is 1. The number of benzene rings is 2. The van der Waals surface area contributed by atoms with Crippen molar-refractivity contribution in [3.8, 4) is 0 Å². The second-order valence-electron chi connectivity index (χ2n) is 7.04. The highest BCUT2D eigenvalue weighted by molar-refractivity contribution is 5.94. The molecule has 4 N–H and O–H groups in total. The van der Waals surface area contributed by atoms with Gasteiger partial charge in [0, 0.05) is 13.0 Å². The van der Waals surface area contributed by atoms with Crippen LogP contribution in [-0.4, -0.2) is 18.5 Å². The third kappa shape index (κ3) is 6.97. The lowest BCUT2D eigenvalue weighted by molar-refractivity contribution is -0.118. The summed E-state index contributed by atoms with van der Waals surface area (Å²) in [6.07, 6.45) is -0.441. The van der Waals surface area contributed by atoms with Gasteiger partial charge in [-0.3, -0.25) is 4.79 Å².